The molecule has 37 heavy (non-hydrogen) atoms. The number of fused-ring (bicyclic) bond motifs is 3. The van der Waals surface area contributed by atoms with Crippen molar-refractivity contribution in [2.24, 2.45) is 0 Å². The maximum absolute atomic E-state index is 11.3. The van der Waals surface area contributed by atoms with E-state index in [1.165, 1.54) is 5.56 Å². The fraction of sp³-hybridized carbons (Fsp3) is 0.400. The number of anilines is 1. The Bertz CT molecular complexity index is 1470. The summed E-state index contributed by atoms with van der Waals surface area (Å²) < 4.78 is 17.9. The second kappa shape index (κ2) is 8.77. The van der Waals surface area contributed by atoms with Crippen LogP contribution in [-0.4, -0.2) is 34.4 Å². The van der Waals surface area contributed by atoms with Crippen molar-refractivity contribution >= 4 is 22.6 Å². The molecule has 7 rings (SSSR count). The smallest absolute Gasteiger partial charge is 0.371 e. The van der Waals surface area contributed by atoms with Gasteiger partial charge in [-0.25, -0.2) is 4.79 Å². The molecule has 3 atom stereocenters. The van der Waals surface area contributed by atoms with Gasteiger partial charge in [0.2, 0.25) is 5.76 Å². The molecule has 3 aliphatic rings. The van der Waals surface area contributed by atoms with Crippen molar-refractivity contribution in [2.75, 3.05) is 4.90 Å². The number of ether oxygens (including phenoxy) is 1. The van der Waals surface area contributed by atoms with Gasteiger partial charge in [-0.1, -0.05) is 29.4 Å². The second-order valence-electron chi connectivity index (χ2n) is 10.8. The van der Waals surface area contributed by atoms with Crippen molar-refractivity contribution in [2.45, 2.75) is 76.2 Å². The average Bonchev–Trinajstić information content (AvgIpc) is 3.40. The number of carboxylic acid groups (broad SMARTS) is 1. The number of rotatable bonds is 7. The van der Waals surface area contributed by atoms with Crippen LogP contribution in [0, 0.1) is 6.92 Å². The molecular formula is C30H30N2O5. The van der Waals surface area contributed by atoms with Gasteiger partial charge in [0.15, 0.2) is 0 Å². The minimum Gasteiger partial charge on any atom is -0.475 e. The van der Waals surface area contributed by atoms with Crippen LogP contribution in [0.15, 0.2) is 57.5 Å². The van der Waals surface area contributed by atoms with E-state index in [2.05, 4.69) is 53.4 Å². The fourth-order valence-electron chi connectivity index (χ4n) is 6.36. The van der Waals surface area contributed by atoms with Crippen LogP contribution < -0.4 is 4.90 Å². The summed E-state index contributed by atoms with van der Waals surface area (Å²) in [5.41, 5.74) is 6.09. The Kier molecular flexibility index (Phi) is 5.36. The van der Waals surface area contributed by atoms with Gasteiger partial charge in [-0.05, 0) is 75.3 Å². The number of hydrogen-bond donors (Lipinski definition) is 1. The number of benzene rings is 2. The standard InChI is InChI=1S/C30H30N2O5/c1-17-4-2-3-5-24(17)28-25(29(37-31-28)18-6-7-18)16-35-23-14-21-8-9-22(15-23)32(21)20-10-11-26-19(12-20)13-27(36-26)30(33)34/h2-5,10-13,18,21-23H,6-9,14-16H2,1H3,(H,33,34)/t21-,22?,23?/m0/s1. The molecule has 3 fully saturated rings. The molecule has 0 amide bonds. The first-order chi connectivity index (χ1) is 18.0. The second-order valence-corrected chi connectivity index (χ2v) is 10.8. The number of aromatic nitrogens is 1. The Hall–Kier alpha value is -3.58. The average molecular weight is 499 g/mol. The summed E-state index contributed by atoms with van der Waals surface area (Å²) in [6, 6.07) is 16.8. The number of carboxylic acids is 1. The van der Waals surface area contributed by atoms with Crippen LogP contribution in [0.4, 0.5) is 5.69 Å². The third-order valence-corrected chi connectivity index (χ3v) is 8.33. The first kappa shape index (κ1) is 22.6. The molecule has 4 aromatic rings. The van der Waals surface area contributed by atoms with Crippen molar-refractivity contribution in [3.8, 4) is 11.3 Å². The largest absolute Gasteiger partial charge is 0.475 e. The van der Waals surface area contributed by atoms with Gasteiger partial charge < -0.3 is 23.7 Å². The summed E-state index contributed by atoms with van der Waals surface area (Å²) in [4.78, 5) is 13.8. The van der Waals surface area contributed by atoms with Crippen LogP contribution in [0.1, 0.15) is 71.9 Å². The lowest BCUT2D eigenvalue weighted by molar-refractivity contribution is 0.0147. The zero-order valence-corrected chi connectivity index (χ0v) is 20.9. The molecule has 2 aromatic carbocycles. The first-order valence-electron chi connectivity index (χ1n) is 13.3. The Morgan fingerprint density at radius 3 is 2.59 bits per heavy atom. The monoisotopic (exact) mass is 498 g/mol. The Morgan fingerprint density at radius 1 is 1.08 bits per heavy atom. The van der Waals surface area contributed by atoms with Crippen LogP contribution >= 0.6 is 0 Å². The van der Waals surface area contributed by atoms with E-state index in [1.54, 1.807) is 6.07 Å². The molecule has 4 heterocycles. The lowest BCUT2D eigenvalue weighted by atomic mass is 9.98. The maximum Gasteiger partial charge on any atom is 0.371 e. The van der Waals surface area contributed by atoms with E-state index in [0.717, 1.165) is 72.2 Å². The number of hydrogen-bond acceptors (Lipinski definition) is 6. The van der Waals surface area contributed by atoms with Gasteiger partial charge in [0, 0.05) is 40.2 Å². The van der Waals surface area contributed by atoms with Crippen LogP contribution in [-0.2, 0) is 11.3 Å². The van der Waals surface area contributed by atoms with Gasteiger partial charge in [-0.2, -0.15) is 0 Å². The van der Waals surface area contributed by atoms with Gasteiger partial charge in [0.25, 0.3) is 0 Å². The van der Waals surface area contributed by atoms with Crippen molar-refractivity contribution in [1.29, 1.82) is 0 Å². The minimum absolute atomic E-state index is 0.0217. The Morgan fingerprint density at radius 2 is 1.86 bits per heavy atom. The van der Waals surface area contributed by atoms with E-state index in [0.29, 0.717) is 30.2 Å². The zero-order chi connectivity index (χ0) is 25.1. The quantitative estimate of drug-likeness (QED) is 0.304. The van der Waals surface area contributed by atoms with Crippen molar-refractivity contribution in [3.05, 3.63) is 71.2 Å². The molecule has 7 nitrogen and oxygen atoms in total. The molecule has 2 saturated heterocycles. The highest BCUT2D eigenvalue weighted by atomic mass is 16.5. The molecule has 0 spiro atoms. The highest BCUT2D eigenvalue weighted by Crippen LogP contribution is 2.45. The van der Waals surface area contributed by atoms with E-state index in [-0.39, 0.29) is 11.9 Å². The molecule has 0 radical (unpaired) electrons. The van der Waals surface area contributed by atoms with E-state index in [9.17, 15) is 9.90 Å². The summed E-state index contributed by atoms with van der Waals surface area (Å²) in [6.07, 6.45) is 6.75. The fourth-order valence-corrected chi connectivity index (χ4v) is 6.36. The van der Waals surface area contributed by atoms with Gasteiger partial charge in [-0.15, -0.1) is 0 Å². The minimum atomic E-state index is -1.04. The number of aryl methyl sites for hydroxylation is 1. The lowest BCUT2D eigenvalue weighted by Gasteiger charge is -2.40. The molecule has 1 aliphatic carbocycles. The number of piperidine rings is 1. The molecule has 2 aliphatic heterocycles. The maximum atomic E-state index is 11.3. The van der Waals surface area contributed by atoms with E-state index >= 15 is 0 Å². The topological polar surface area (TPSA) is 88.9 Å². The number of aromatic carboxylic acids is 1. The van der Waals surface area contributed by atoms with Crippen molar-refractivity contribution < 1.29 is 23.6 Å². The SMILES string of the molecule is Cc1ccccc1-c1noc(C2CC2)c1COC1CC2CC[C@@H](C1)N2c1ccc2oc(C(=O)O)cc2c1. The normalized spacial score (nSPS) is 23.2. The molecule has 1 N–H and O–H groups in total. The molecule has 7 heteroatoms. The third kappa shape index (κ3) is 4.02. The highest BCUT2D eigenvalue weighted by Gasteiger charge is 2.42. The lowest BCUT2D eigenvalue weighted by Crippen LogP contribution is -2.45. The summed E-state index contributed by atoms with van der Waals surface area (Å²) in [6.45, 7) is 2.64. The van der Waals surface area contributed by atoms with Crippen LogP contribution in [0.25, 0.3) is 22.2 Å². The predicted octanol–water partition coefficient (Wildman–Crippen LogP) is 6.69. The first-order valence-corrected chi connectivity index (χ1v) is 13.3. The van der Waals surface area contributed by atoms with Gasteiger partial charge in [-0.3, -0.25) is 0 Å². The van der Waals surface area contributed by atoms with Gasteiger partial charge in [0.05, 0.1) is 12.7 Å². The Labute approximate surface area is 215 Å². The van der Waals surface area contributed by atoms with E-state index in [4.69, 9.17) is 13.7 Å². The van der Waals surface area contributed by atoms with Crippen LogP contribution in [0.5, 0.6) is 0 Å². The molecular weight excluding hydrogens is 468 g/mol. The Balaban J connectivity index is 1.09. The molecule has 2 bridgehead atoms. The molecule has 2 unspecified atom stereocenters. The van der Waals surface area contributed by atoms with E-state index < -0.39 is 5.97 Å². The number of nitrogens with zero attached hydrogens (tertiary/aromatic N) is 2. The van der Waals surface area contributed by atoms with Crippen LogP contribution in [0.3, 0.4) is 0 Å². The summed E-state index contributed by atoms with van der Waals surface area (Å²) in [5, 5.41) is 14.6. The molecule has 190 valence electrons. The van der Waals surface area contributed by atoms with Crippen molar-refractivity contribution in [3.63, 3.8) is 0 Å². The highest BCUT2D eigenvalue weighted by molar-refractivity contribution is 5.92. The number of carbonyl (C=O) groups is 1. The summed E-state index contributed by atoms with van der Waals surface area (Å²) in [7, 11) is 0. The van der Waals surface area contributed by atoms with Gasteiger partial charge in [0.1, 0.15) is 17.0 Å². The predicted molar refractivity (Wildman–Crippen MR) is 139 cm³/mol. The third-order valence-electron chi connectivity index (χ3n) is 8.33. The zero-order valence-electron chi connectivity index (χ0n) is 20.9. The van der Waals surface area contributed by atoms with Gasteiger partial charge >= 0.3 is 5.97 Å². The summed E-state index contributed by atoms with van der Waals surface area (Å²) >= 11 is 0. The van der Waals surface area contributed by atoms with Crippen molar-refractivity contribution in [1.82, 2.24) is 5.16 Å². The summed E-state index contributed by atoms with van der Waals surface area (Å²) in [5.74, 6) is 0.416. The molecule has 2 aromatic heterocycles. The van der Waals surface area contributed by atoms with Crippen LogP contribution in [0.2, 0.25) is 0 Å². The molecule has 1 saturated carbocycles. The number of furan rings is 1. The van der Waals surface area contributed by atoms with E-state index in [1.807, 2.05) is 6.07 Å².